The Morgan fingerprint density at radius 2 is 1.69 bits per heavy atom. The predicted octanol–water partition coefficient (Wildman–Crippen LogP) is 3.41. The molecule has 152 valence electrons. The smallest absolute Gasteiger partial charge is 0.253 e. The molecule has 1 aliphatic rings. The fraction of sp³-hybridized carbons (Fsp3) is 0.318. The molecule has 2 aromatic rings. The molecule has 0 bridgehead atoms. The van der Waals surface area contributed by atoms with E-state index >= 15 is 0 Å². The van der Waals surface area contributed by atoms with Crippen LogP contribution in [0.25, 0.3) is 0 Å². The lowest BCUT2D eigenvalue weighted by Crippen LogP contribution is -2.42. The molecule has 7 heteroatoms. The lowest BCUT2D eigenvalue weighted by molar-refractivity contribution is -0.126. The summed E-state index contributed by atoms with van der Waals surface area (Å²) in [6.45, 7) is 1.10. The minimum atomic E-state index is -0.141. The van der Waals surface area contributed by atoms with Crippen LogP contribution in [-0.2, 0) is 4.79 Å². The van der Waals surface area contributed by atoms with Gasteiger partial charge in [0.25, 0.3) is 5.91 Å². The number of hydrazone groups is 1. The minimum absolute atomic E-state index is 0.0280. The van der Waals surface area contributed by atoms with Crippen molar-refractivity contribution in [2.75, 3.05) is 32.1 Å². The summed E-state index contributed by atoms with van der Waals surface area (Å²) < 4.78 is 0. The molecule has 0 radical (unpaired) electrons. The summed E-state index contributed by atoms with van der Waals surface area (Å²) in [5, 5.41) is 4.67. The van der Waals surface area contributed by atoms with Crippen LogP contribution < -0.4 is 10.3 Å². The first-order valence-corrected chi connectivity index (χ1v) is 9.97. The van der Waals surface area contributed by atoms with Crippen molar-refractivity contribution < 1.29 is 9.59 Å². The number of nitrogens with zero attached hydrogens (tertiary/aromatic N) is 3. The zero-order valence-electron chi connectivity index (χ0n) is 16.6. The van der Waals surface area contributed by atoms with Crippen LogP contribution >= 0.6 is 11.6 Å². The van der Waals surface area contributed by atoms with Gasteiger partial charge in [0.1, 0.15) is 0 Å². The molecule has 3 rings (SSSR count). The van der Waals surface area contributed by atoms with E-state index in [9.17, 15) is 9.59 Å². The molecule has 1 fully saturated rings. The first-order chi connectivity index (χ1) is 13.9. The maximum atomic E-state index is 12.5. The van der Waals surface area contributed by atoms with Gasteiger partial charge in [0.15, 0.2) is 0 Å². The van der Waals surface area contributed by atoms with Crippen LogP contribution in [0.3, 0.4) is 0 Å². The molecule has 2 aromatic carbocycles. The molecular formula is C22H25ClN4O2. The number of amides is 2. The molecule has 0 atom stereocenters. The molecule has 6 nitrogen and oxygen atoms in total. The highest BCUT2D eigenvalue weighted by molar-refractivity contribution is 6.30. The van der Waals surface area contributed by atoms with Crippen molar-refractivity contribution in [1.29, 1.82) is 0 Å². The second kappa shape index (κ2) is 9.56. The Bertz CT molecular complexity index is 871. The number of hydrogen-bond donors (Lipinski definition) is 1. The van der Waals surface area contributed by atoms with Gasteiger partial charge in [-0.05, 0) is 54.8 Å². The number of halogens is 1. The Morgan fingerprint density at radius 1 is 1.07 bits per heavy atom. The van der Waals surface area contributed by atoms with Gasteiger partial charge in [-0.25, -0.2) is 5.43 Å². The molecule has 0 spiro atoms. The van der Waals surface area contributed by atoms with Crippen LogP contribution in [-0.4, -0.2) is 50.1 Å². The van der Waals surface area contributed by atoms with E-state index in [-0.39, 0.29) is 17.7 Å². The van der Waals surface area contributed by atoms with Gasteiger partial charge in [-0.2, -0.15) is 5.10 Å². The Kier molecular flexibility index (Phi) is 6.88. The van der Waals surface area contributed by atoms with Gasteiger partial charge >= 0.3 is 0 Å². The molecule has 1 heterocycles. The standard InChI is InChI=1S/C22H25ClN4O2/c1-26(2)20-9-3-16(4-10-20)15-24-25-21(28)17-11-13-27(14-12-17)22(29)18-5-7-19(23)8-6-18/h3-10,15,17H,11-14H2,1-2H3,(H,25,28)/b24-15-. The Hall–Kier alpha value is -2.86. The summed E-state index contributed by atoms with van der Waals surface area (Å²) >= 11 is 5.87. The van der Waals surface area contributed by atoms with Crippen molar-refractivity contribution in [2.24, 2.45) is 11.0 Å². The first-order valence-electron chi connectivity index (χ1n) is 9.59. The highest BCUT2D eigenvalue weighted by Crippen LogP contribution is 2.20. The molecule has 0 aliphatic carbocycles. The second-order valence-corrected chi connectivity index (χ2v) is 7.73. The highest BCUT2D eigenvalue weighted by atomic mass is 35.5. The van der Waals surface area contributed by atoms with Crippen molar-refractivity contribution in [3.63, 3.8) is 0 Å². The lowest BCUT2D eigenvalue weighted by atomic mass is 9.95. The normalized spacial score (nSPS) is 14.8. The van der Waals surface area contributed by atoms with Crippen LogP contribution in [0.5, 0.6) is 0 Å². The Balaban J connectivity index is 1.47. The number of piperidine rings is 1. The summed E-state index contributed by atoms with van der Waals surface area (Å²) in [5.74, 6) is -0.276. The van der Waals surface area contributed by atoms with Crippen LogP contribution in [0.2, 0.25) is 5.02 Å². The van der Waals surface area contributed by atoms with Crippen molar-refractivity contribution in [1.82, 2.24) is 10.3 Å². The van der Waals surface area contributed by atoms with E-state index in [4.69, 9.17) is 11.6 Å². The molecule has 2 amide bonds. The molecule has 0 saturated carbocycles. The van der Waals surface area contributed by atoms with Gasteiger partial charge < -0.3 is 9.80 Å². The number of rotatable bonds is 5. The lowest BCUT2D eigenvalue weighted by Gasteiger charge is -2.31. The quantitative estimate of drug-likeness (QED) is 0.604. The minimum Gasteiger partial charge on any atom is -0.378 e. The summed E-state index contributed by atoms with van der Waals surface area (Å²) in [4.78, 5) is 28.7. The third-order valence-electron chi connectivity index (χ3n) is 5.04. The zero-order valence-corrected chi connectivity index (χ0v) is 17.4. The maximum Gasteiger partial charge on any atom is 0.253 e. The van der Waals surface area contributed by atoms with Crippen molar-refractivity contribution >= 4 is 35.3 Å². The molecule has 29 heavy (non-hydrogen) atoms. The third-order valence-corrected chi connectivity index (χ3v) is 5.29. The van der Waals surface area contributed by atoms with Crippen molar-refractivity contribution in [2.45, 2.75) is 12.8 Å². The molecule has 1 N–H and O–H groups in total. The molecular weight excluding hydrogens is 388 g/mol. The van der Waals surface area contributed by atoms with E-state index in [1.54, 1.807) is 35.4 Å². The fourth-order valence-electron chi connectivity index (χ4n) is 3.24. The van der Waals surface area contributed by atoms with Gasteiger partial charge in [-0.3, -0.25) is 9.59 Å². The van der Waals surface area contributed by atoms with Gasteiger partial charge in [0.05, 0.1) is 6.21 Å². The van der Waals surface area contributed by atoms with Crippen molar-refractivity contribution in [3.8, 4) is 0 Å². The number of likely N-dealkylation sites (tertiary alicyclic amines) is 1. The topological polar surface area (TPSA) is 65.0 Å². The van der Waals surface area contributed by atoms with Crippen LogP contribution in [0.4, 0.5) is 5.69 Å². The number of carbonyl (C=O) groups is 2. The average molecular weight is 413 g/mol. The zero-order chi connectivity index (χ0) is 20.8. The highest BCUT2D eigenvalue weighted by Gasteiger charge is 2.27. The molecule has 1 aliphatic heterocycles. The first kappa shape index (κ1) is 20.9. The van der Waals surface area contributed by atoms with Gasteiger partial charge in [-0.15, -0.1) is 0 Å². The molecule has 0 unspecified atom stereocenters. The fourth-order valence-corrected chi connectivity index (χ4v) is 3.37. The van der Waals surface area contributed by atoms with Crippen LogP contribution in [0.1, 0.15) is 28.8 Å². The summed E-state index contributed by atoms with van der Waals surface area (Å²) in [6, 6.07) is 14.8. The largest absolute Gasteiger partial charge is 0.378 e. The van der Waals surface area contributed by atoms with Gasteiger partial charge in [-0.1, -0.05) is 23.7 Å². The van der Waals surface area contributed by atoms with Gasteiger partial charge in [0, 0.05) is 49.4 Å². The van der Waals surface area contributed by atoms with E-state index in [2.05, 4.69) is 10.5 Å². The predicted molar refractivity (Wildman–Crippen MR) is 117 cm³/mol. The molecule has 1 saturated heterocycles. The summed E-state index contributed by atoms with van der Waals surface area (Å²) in [5.41, 5.74) is 5.25. The Morgan fingerprint density at radius 3 is 2.28 bits per heavy atom. The average Bonchev–Trinajstić information content (AvgIpc) is 2.74. The van der Waals surface area contributed by atoms with Crippen LogP contribution in [0, 0.1) is 5.92 Å². The number of hydrogen-bond acceptors (Lipinski definition) is 4. The van der Waals surface area contributed by atoms with E-state index in [1.807, 2.05) is 43.3 Å². The summed E-state index contributed by atoms with van der Waals surface area (Å²) in [6.07, 6.45) is 2.88. The Labute approximate surface area is 176 Å². The summed E-state index contributed by atoms with van der Waals surface area (Å²) in [7, 11) is 3.97. The van der Waals surface area contributed by atoms with Crippen molar-refractivity contribution in [3.05, 3.63) is 64.7 Å². The van der Waals surface area contributed by atoms with E-state index in [0.29, 0.717) is 36.5 Å². The number of benzene rings is 2. The van der Waals surface area contributed by atoms with Gasteiger partial charge in [0.2, 0.25) is 5.91 Å². The van der Waals surface area contributed by atoms with E-state index < -0.39 is 0 Å². The second-order valence-electron chi connectivity index (χ2n) is 7.29. The number of carbonyl (C=O) groups excluding carboxylic acids is 2. The van der Waals surface area contributed by atoms with E-state index in [1.165, 1.54) is 0 Å². The van der Waals surface area contributed by atoms with Crippen LogP contribution in [0.15, 0.2) is 53.6 Å². The number of nitrogens with one attached hydrogen (secondary N) is 1. The number of anilines is 1. The SMILES string of the molecule is CN(C)c1ccc(/C=N\NC(=O)C2CCN(C(=O)c3ccc(Cl)cc3)CC2)cc1. The third kappa shape index (κ3) is 5.57. The molecule has 0 aromatic heterocycles. The maximum absolute atomic E-state index is 12.5. The monoisotopic (exact) mass is 412 g/mol. The van der Waals surface area contributed by atoms with E-state index in [0.717, 1.165) is 11.3 Å².